The molecular weight excluding hydrogens is 202 g/mol. The molecular formula is C13H17NO2. The van der Waals surface area contributed by atoms with Crippen LogP contribution >= 0.6 is 0 Å². The van der Waals surface area contributed by atoms with Gasteiger partial charge in [0.2, 0.25) is 0 Å². The number of hydrogen-bond acceptors (Lipinski definition) is 3. The molecule has 1 aliphatic rings. The highest BCUT2D eigenvalue weighted by atomic mass is 16.3. The maximum Gasteiger partial charge on any atom is 0.150 e. The van der Waals surface area contributed by atoms with E-state index in [1.807, 2.05) is 6.07 Å². The molecule has 2 N–H and O–H groups in total. The van der Waals surface area contributed by atoms with Gasteiger partial charge in [-0.3, -0.25) is 4.79 Å². The normalized spacial score (nSPS) is 15.0. The van der Waals surface area contributed by atoms with Gasteiger partial charge >= 0.3 is 0 Å². The highest BCUT2D eigenvalue weighted by Gasteiger charge is 2.20. The summed E-state index contributed by atoms with van der Waals surface area (Å²) in [6.45, 7) is 1.40. The van der Waals surface area contributed by atoms with Gasteiger partial charge in [0.05, 0.1) is 6.54 Å². The highest BCUT2D eigenvalue weighted by Crippen LogP contribution is 2.27. The summed E-state index contributed by atoms with van der Waals surface area (Å²) in [5.41, 5.74) is 0.873. The van der Waals surface area contributed by atoms with Crippen LogP contribution in [0.2, 0.25) is 0 Å². The Balaban J connectivity index is 1.73. The number of ketones is 1. The van der Waals surface area contributed by atoms with E-state index in [0.29, 0.717) is 13.0 Å². The molecule has 1 aromatic rings. The quantitative estimate of drug-likeness (QED) is 0.762. The van der Waals surface area contributed by atoms with Crippen LogP contribution in [0, 0.1) is 5.92 Å². The van der Waals surface area contributed by atoms with E-state index >= 15 is 0 Å². The first kappa shape index (κ1) is 11.1. The molecule has 0 spiro atoms. The molecule has 0 saturated heterocycles. The van der Waals surface area contributed by atoms with E-state index < -0.39 is 0 Å². The molecule has 0 aliphatic heterocycles. The minimum atomic E-state index is 0.172. The standard InChI is InChI=1S/C13H17NO2/c15-12-3-1-2-11(6-12)7-13(16)9-14-8-10-4-5-10/h1-3,6,10,14-15H,4-5,7-9H2. The number of phenols is 1. The van der Waals surface area contributed by atoms with Crippen LogP contribution in [0.15, 0.2) is 24.3 Å². The lowest BCUT2D eigenvalue weighted by atomic mass is 10.1. The number of phenolic OH excluding ortho intramolecular Hbond substituents is 1. The van der Waals surface area contributed by atoms with Gasteiger partial charge in [-0.15, -0.1) is 0 Å². The molecule has 2 rings (SSSR count). The molecule has 0 bridgehead atoms. The smallest absolute Gasteiger partial charge is 0.150 e. The average molecular weight is 219 g/mol. The van der Waals surface area contributed by atoms with Gasteiger partial charge in [-0.1, -0.05) is 12.1 Å². The van der Waals surface area contributed by atoms with Crippen LogP contribution in [0.1, 0.15) is 18.4 Å². The maximum atomic E-state index is 11.6. The van der Waals surface area contributed by atoms with Gasteiger partial charge in [0.1, 0.15) is 5.75 Å². The van der Waals surface area contributed by atoms with Crippen LogP contribution < -0.4 is 5.32 Å². The van der Waals surface area contributed by atoms with E-state index in [2.05, 4.69) is 5.32 Å². The predicted molar refractivity (Wildman–Crippen MR) is 62.4 cm³/mol. The summed E-state index contributed by atoms with van der Waals surface area (Å²) in [7, 11) is 0. The Morgan fingerprint density at radius 1 is 1.44 bits per heavy atom. The molecule has 1 saturated carbocycles. The van der Waals surface area contributed by atoms with E-state index in [0.717, 1.165) is 18.0 Å². The molecule has 16 heavy (non-hydrogen) atoms. The van der Waals surface area contributed by atoms with Crippen molar-refractivity contribution in [3.05, 3.63) is 29.8 Å². The topological polar surface area (TPSA) is 49.3 Å². The number of benzene rings is 1. The summed E-state index contributed by atoms with van der Waals surface area (Å²) in [6.07, 6.45) is 2.99. The Kier molecular flexibility index (Phi) is 3.57. The number of rotatable bonds is 6. The van der Waals surface area contributed by atoms with E-state index in [4.69, 9.17) is 0 Å². The second-order valence-corrected chi connectivity index (χ2v) is 4.46. The van der Waals surface area contributed by atoms with E-state index in [9.17, 15) is 9.90 Å². The Morgan fingerprint density at radius 2 is 2.25 bits per heavy atom. The van der Waals surface area contributed by atoms with Gasteiger partial charge in [0.25, 0.3) is 0 Å². The van der Waals surface area contributed by atoms with Gasteiger partial charge < -0.3 is 10.4 Å². The predicted octanol–water partition coefficient (Wildman–Crippen LogP) is 1.50. The number of carbonyl (C=O) groups is 1. The van der Waals surface area contributed by atoms with Crippen molar-refractivity contribution in [1.29, 1.82) is 0 Å². The van der Waals surface area contributed by atoms with Gasteiger partial charge in [-0.25, -0.2) is 0 Å². The van der Waals surface area contributed by atoms with Crippen molar-refractivity contribution in [3.63, 3.8) is 0 Å². The number of aromatic hydroxyl groups is 1. The summed E-state index contributed by atoms with van der Waals surface area (Å²) in [5, 5.41) is 12.4. The lowest BCUT2D eigenvalue weighted by Crippen LogP contribution is -2.26. The lowest BCUT2D eigenvalue weighted by Gasteiger charge is -2.03. The molecule has 3 heteroatoms. The zero-order chi connectivity index (χ0) is 11.4. The lowest BCUT2D eigenvalue weighted by molar-refractivity contribution is -0.117. The first-order valence-corrected chi connectivity index (χ1v) is 5.74. The third kappa shape index (κ3) is 3.66. The van der Waals surface area contributed by atoms with E-state index in [1.54, 1.807) is 18.2 Å². The van der Waals surface area contributed by atoms with Crippen LogP contribution in [-0.2, 0) is 11.2 Å². The van der Waals surface area contributed by atoms with Crippen molar-refractivity contribution >= 4 is 5.78 Å². The first-order chi connectivity index (χ1) is 7.74. The van der Waals surface area contributed by atoms with E-state index in [-0.39, 0.29) is 11.5 Å². The number of carbonyl (C=O) groups excluding carboxylic acids is 1. The molecule has 86 valence electrons. The SMILES string of the molecule is O=C(CNCC1CC1)Cc1cccc(O)c1. The van der Waals surface area contributed by atoms with Gasteiger partial charge in [-0.2, -0.15) is 0 Å². The summed E-state index contributed by atoms with van der Waals surface area (Å²) in [5.74, 6) is 1.19. The highest BCUT2D eigenvalue weighted by molar-refractivity contribution is 5.82. The Bertz CT molecular complexity index is 372. The zero-order valence-electron chi connectivity index (χ0n) is 9.28. The Labute approximate surface area is 95.5 Å². The second-order valence-electron chi connectivity index (χ2n) is 4.46. The van der Waals surface area contributed by atoms with Gasteiger partial charge in [0.15, 0.2) is 5.78 Å². The number of hydrogen-bond donors (Lipinski definition) is 2. The van der Waals surface area contributed by atoms with Crippen LogP contribution in [-0.4, -0.2) is 24.0 Å². The van der Waals surface area contributed by atoms with Crippen molar-refractivity contribution in [2.24, 2.45) is 5.92 Å². The molecule has 3 nitrogen and oxygen atoms in total. The van der Waals surface area contributed by atoms with Crippen LogP contribution in [0.3, 0.4) is 0 Å². The van der Waals surface area contributed by atoms with Crippen molar-refractivity contribution < 1.29 is 9.90 Å². The van der Waals surface area contributed by atoms with Crippen LogP contribution in [0.5, 0.6) is 5.75 Å². The minimum absolute atomic E-state index is 0.172. The summed E-state index contributed by atoms with van der Waals surface area (Å²) >= 11 is 0. The fourth-order valence-electron chi connectivity index (χ4n) is 1.69. The molecule has 0 unspecified atom stereocenters. The van der Waals surface area contributed by atoms with Gasteiger partial charge in [0, 0.05) is 6.42 Å². The van der Waals surface area contributed by atoms with Crippen molar-refractivity contribution in [2.75, 3.05) is 13.1 Å². The molecule has 0 aromatic heterocycles. The fraction of sp³-hybridized carbons (Fsp3) is 0.462. The zero-order valence-corrected chi connectivity index (χ0v) is 9.28. The van der Waals surface area contributed by atoms with E-state index in [1.165, 1.54) is 12.8 Å². The molecule has 0 heterocycles. The van der Waals surface area contributed by atoms with Crippen molar-refractivity contribution in [2.45, 2.75) is 19.3 Å². The molecule has 0 amide bonds. The third-order valence-corrected chi connectivity index (χ3v) is 2.76. The third-order valence-electron chi connectivity index (χ3n) is 2.76. The van der Waals surface area contributed by atoms with Crippen molar-refractivity contribution in [3.8, 4) is 5.75 Å². The van der Waals surface area contributed by atoms with Gasteiger partial charge in [-0.05, 0) is 43.0 Å². The second kappa shape index (κ2) is 5.12. The largest absolute Gasteiger partial charge is 0.508 e. The molecule has 1 aliphatic carbocycles. The van der Waals surface area contributed by atoms with Crippen molar-refractivity contribution in [1.82, 2.24) is 5.32 Å². The molecule has 1 aromatic carbocycles. The Hall–Kier alpha value is -1.35. The number of Topliss-reactive ketones (excluding diaryl/α,β-unsaturated/α-hetero) is 1. The van der Waals surface area contributed by atoms with Crippen LogP contribution in [0.25, 0.3) is 0 Å². The molecule has 0 radical (unpaired) electrons. The minimum Gasteiger partial charge on any atom is -0.508 e. The average Bonchev–Trinajstić information content (AvgIpc) is 3.01. The molecule has 1 fully saturated rings. The van der Waals surface area contributed by atoms with Crippen LogP contribution in [0.4, 0.5) is 0 Å². The molecule has 0 atom stereocenters. The Morgan fingerprint density at radius 3 is 2.94 bits per heavy atom. The summed E-state index contributed by atoms with van der Waals surface area (Å²) in [6, 6.07) is 6.87. The summed E-state index contributed by atoms with van der Waals surface area (Å²) in [4.78, 5) is 11.6. The monoisotopic (exact) mass is 219 g/mol. The summed E-state index contributed by atoms with van der Waals surface area (Å²) < 4.78 is 0. The number of nitrogens with one attached hydrogen (secondary N) is 1. The maximum absolute atomic E-state index is 11.6. The first-order valence-electron chi connectivity index (χ1n) is 5.74. The fourth-order valence-corrected chi connectivity index (χ4v) is 1.69.